The van der Waals surface area contributed by atoms with Crippen molar-refractivity contribution >= 4 is 0 Å². The molecule has 96 valence electrons. The summed E-state index contributed by atoms with van der Waals surface area (Å²) in [4.78, 5) is 4.23. The van der Waals surface area contributed by atoms with Crippen LogP contribution in [0.1, 0.15) is 25.2 Å². The van der Waals surface area contributed by atoms with Gasteiger partial charge in [0.05, 0.1) is 13.1 Å². The molecule has 0 aliphatic rings. The summed E-state index contributed by atoms with van der Waals surface area (Å²) in [7, 11) is 0. The Labute approximate surface area is 106 Å². The van der Waals surface area contributed by atoms with Gasteiger partial charge in [0.25, 0.3) is 0 Å². The summed E-state index contributed by atoms with van der Waals surface area (Å²) in [6.07, 6.45) is 1.71. The van der Waals surface area contributed by atoms with Gasteiger partial charge in [0.1, 0.15) is 12.1 Å². The number of benzene rings is 1. The number of nitrogens with zero attached hydrogens (tertiary/aromatic N) is 3. The van der Waals surface area contributed by atoms with Gasteiger partial charge in [-0.1, -0.05) is 26.0 Å². The Morgan fingerprint density at radius 2 is 2.22 bits per heavy atom. The van der Waals surface area contributed by atoms with E-state index in [1.807, 2.05) is 12.1 Å². The summed E-state index contributed by atoms with van der Waals surface area (Å²) in [5, 5.41) is 17.0. The van der Waals surface area contributed by atoms with Crippen molar-refractivity contribution in [2.75, 3.05) is 0 Å². The molecule has 0 aliphatic carbocycles. The molecule has 0 saturated heterocycles. The summed E-state index contributed by atoms with van der Waals surface area (Å²) in [5.41, 5.74) is 1.00. The molecule has 1 aromatic heterocycles. The number of aromatic nitrogens is 3. The number of nitrogens with one attached hydrogen (secondary N) is 1. The normalized spacial score (nSPS) is 11.1. The molecule has 0 aliphatic heterocycles. The van der Waals surface area contributed by atoms with Crippen LogP contribution in [0.2, 0.25) is 0 Å². The van der Waals surface area contributed by atoms with Gasteiger partial charge in [0, 0.05) is 6.04 Å². The first-order valence-electron chi connectivity index (χ1n) is 6.03. The van der Waals surface area contributed by atoms with Gasteiger partial charge in [-0.2, -0.15) is 5.10 Å². The topological polar surface area (TPSA) is 63.0 Å². The molecule has 5 nitrogen and oxygen atoms in total. The van der Waals surface area contributed by atoms with Gasteiger partial charge in [0.2, 0.25) is 0 Å². The molecule has 5 heteroatoms. The van der Waals surface area contributed by atoms with E-state index in [1.165, 1.54) is 0 Å². The lowest BCUT2D eigenvalue weighted by Gasteiger charge is -2.04. The maximum atomic E-state index is 9.39. The maximum absolute atomic E-state index is 9.39. The van der Waals surface area contributed by atoms with Gasteiger partial charge in [-0.3, -0.25) is 0 Å². The molecule has 1 aromatic carbocycles. The Morgan fingerprint density at radius 1 is 1.39 bits per heavy atom. The van der Waals surface area contributed by atoms with Gasteiger partial charge in [-0.05, 0) is 17.7 Å². The first-order valence-corrected chi connectivity index (χ1v) is 6.03. The van der Waals surface area contributed by atoms with E-state index in [4.69, 9.17) is 0 Å². The zero-order valence-electron chi connectivity index (χ0n) is 10.7. The van der Waals surface area contributed by atoms with Crippen LogP contribution in [0, 0.1) is 0 Å². The van der Waals surface area contributed by atoms with Crippen LogP contribution in [0.5, 0.6) is 5.75 Å². The molecule has 0 spiro atoms. The van der Waals surface area contributed by atoms with Crippen molar-refractivity contribution in [3.63, 3.8) is 0 Å². The van der Waals surface area contributed by atoms with Crippen LogP contribution in [-0.2, 0) is 13.1 Å². The lowest BCUT2D eigenvalue weighted by atomic mass is 10.2. The van der Waals surface area contributed by atoms with Gasteiger partial charge in [-0.25, -0.2) is 9.67 Å². The van der Waals surface area contributed by atoms with Crippen molar-refractivity contribution in [3.8, 4) is 5.75 Å². The Hall–Kier alpha value is -1.88. The fourth-order valence-electron chi connectivity index (χ4n) is 1.63. The molecule has 0 fully saturated rings. The summed E-state index contributed by atoms with van der Waals surface area (Å²) >= 11 is 0. The second-order valence-electron chi connectivity index (χ2n) is 4.56. The SMILES string of the molecule is CC(C)NCc1ncn(Cc2cccc(O)c2)n1. The van der Waals surface area contributed by atoms with Gasteiger partial charge >= 0.3 is 0 Å². The predicted octanol–water partition coefficient (Wildman–Crippen LogP) is 1.53. The number of rotatable bonds is 5. The molecule has 18 heavy (non-hydrogen) atoms. The van der Waals surface area contributed by atoms with Crippen molar-refractivity contribution < 1.29 is 5.11 Å². The molecule has 0 amide bonds. The fraction of sp³-hybridized carbons (Fsp3) is 0.385. The number of hydrogen-bond acceptors (Lipinski definition) is 4. The molecule has 2 aromatic rings. The lowest BCUT2D eigenvalue weighted by Crippen LogP contribution is -2.22. The highest BCUT2D eigenvalue weighted by molar-refractivity contribution is 5.27. The monoisotopic (exact) mass is 246 g/mol. The van der Waals surface area contributed by atoms with E-state index in [1.54, 1.807) is 23.1 Å². The Morgan fingerprint density at radius 3 is 2.94 bits per heavy atom. The smallest absolute Gasteiger partial charge is 0.164 e. The molecule has 0 radical (unpaired) electrons. The predicted molar refractivity (Wildman–Crippen MR) is 69.2 cm³/mol. The molecule has 0 unspecified atom stereocenters. The minimum Gasteiger partial charge on any atom is -0.508 e. The lowest BCUT2D eigenvalue weighted by molar-refractivity contribution is 0.474. The van der Waals surface area contributed by atoms with E-state index in [9.17, 15) is 5.11 Å². The van der Waals surface area contributed by atoms with Crippen LogP contribution in [-0.4, -0.2) is 25.9 Å². The quantitative estimate of drug-likeness (QED) is 0.840. The van der Waals surface area contributed by atoms with Crippen LogP contribution in [0.15, 0.2) is 30.6 Å². The third-order valence-corrected chi connectivity index (χ3v) is 2.51. The minimum atomic E-state index is 0.273. The van der Waals surface area contributed by atoms with E-state index >= 15 is 0 Å². The van der Waals surface area contributed by atoms with E-state index in [0.717, 1.165) is 11.4 Å². The van der Waals surface area contributed by atoms with Gasteiger partial charge in [0.15, 0.2) is 5.82 Å². The highest BCUT2D eigenvalue weighted by Crippen LogP contribution is 2.11. The third-order valence-electron chi connectivity index (χ3n) is 2.51. The van der Waals surface area contributed by atoms with E-state index in [2.05, 4.69) is 29.2 Å². The van der Waals surface area contributed by atoms with Crippen LogP contribution in [0.4, 0.5) is 0 Å². The standard InChI is InChI=1S/C13H18N4O/c1-10(2)14-7-13-15-9-17(16-13)8-11-4-3-5-12(18)6-11/h3-6,9-10,14,18H,7-8H2,1-2H3. The van der Waals surface area contributed by atoms with Crippen LogP contribution >= 0.6 is 0 Å². The largest absolute Gasteiger partial charge is 0.508 e. The van der Waals surface area contributed by atoms with Crippen molar-refractivity contribution in [1.82, 2.24) is 20.1 Å². The zero-order valence-corrected chi connectivity index (χ0v) is 10.7. The maximum Gasteiger partial charge on any atom is 0.164 e. The van der Waals surface area contributed by atoms with Crippen molar-refractivity contribution in [2.24, 2.45) is 0 Å². The number of aromatic hydroxyl groups is 1. The van der Waals surface area contributed by atoms with Gasteiger partial charge < -0.3 is 10.4 Å². The van der Waals surface area contributed by atoms with E-state index in [-0.39, 0.29) is 5.75 Å². The molecule has 0 saturated carbocycles. The molecular formula is C13H18N4O. The summed E-state index contributed by atoms with van der Waals surface area (Å²) < 4.78 is 1.77. The van der Waals surface area contributed by atoms with Crippen molar-refractivity contribution in [3.05, 3.63) is 42.0 Å². The van der Waals surface area contributed by atoms with E-state index < -0.39 is 0 Å². The zero-order chi connectivity index (χ0) is 13.0. The average Bonchev–Trinajstić information content (AvgIpc) is 2.74. The Bertz CT molecular complexity index is 507. The molecule has 0 atom stereocenters. The van der Waals surface area contributed by atoms with E-state index in [0.29, 0.717) is 19.1 Å². The van der Waals surface area contributed by atoms with Crippen molar-refractivity contribution in [2.45, 2.75) is 33.0 Å². The first-order chi connectivity index (χ1) is 8.63. The number of phenolic OH excluding ortho intramolecular Hbond substituents is 1. The Balaban J connectivity index is 1.98. The Kier molecular flexibility index (Phi) is 3.94. The fourth-order valence-corrected chi connectivity index (χ4v) is 1.63. The molecular weight excluding hydrogens is 228 g/mol. The van der Waals surface area contributed by atoms with Crippen LogP contribution in [0.25, 0.3) is 0 Å². The first kappa shape index (κ1) is 12.6. The molecule has 2 N–H and O–H groups in total. The number of hydrogen-bond donors (Lipinski definition) is 2. The second-order valence-corrected chi connectivity index (χ2v) is 4.56. The highest BCUT2D eigenvalue weighted by atomic mass is 16.3. The average molecular weight is 246 g/mol. The molecule has 1 heterocycles. The second kappa shape index (κ2) is 5.64. The summed E-state index contributed by atoms with van der Waals surface area (Å²) in [6, 6.07) is 7.58. The third kappa shape index (κ3) is 3.56. The molecule has 0 bridgehead atoms. The van der Waals surface area contributed by atoms with Crippen molar-refractivity contribution in [1.29, 1.82) is 0 Å². The number of phenols is 1. The summed E-state index contributed by atoms with van der Waals surface area (Å²) in [6.45, 7) is 5.46. The summed E-state index contributed by atoms with van der Waals surface area (Å²) in [5.74, 6) is 1.05. The van der Waals surface area contributed by atoms with Gasteiger partial charge in [-0.15, -0.1) is 0 Å². The highest BCUT2D eigenvalue weighted by Gasteiger charge is 2.03. The molecule has 2 rings (SSSR count). The van der Waals surface area contributed by atoms with Crippen LogP contribution in [0.3, 0.4) is 0 Å². The minimum absolute atomic E-state index is 0.273. The van der Waals surface area contributed by atoms with Crippen LogP contribution < -0.4 is 5.32 Å².